The Kier molecular flexibility index (Phi) is 6.38. The van der Waals surface area contributed by atoms with Crippen LogP contribution in [0.25, 0.3) is 0 Å². The van der Waals surface area contributed by atoms with Crippen molar-refractivity contribution >= 4 is 62.7 Å². The lowest BCUT2D eigenvalue weighted by atomic mass is 10.2. The molecule has 6 nitrogen and oxygen atoms in total. The maximum atomic E-state index is 12.6. The number of anilines is 1. The molecule has 0 aromatic heterocycles. The second-order valence-corrected chi connectivity index (χ2v) is 8.27. The van der Waals surface area contributed by atoms with Crippen LogP contribution in [0.15, 0.2) is 53.5 Å². The fourth-order valence-corrected chi connectivity index (χ4v) is 3.84. The molecule has 1 aliphatic heterocycles. The minimum atomic E-state index is -0.523. The van der Waals surface area contributed by atoms with E-state index in [4.69, 9.17) is 4.74 Å². The molecule has 0 radical (unpaired) electrons. The minimum absolute atomic E-state index is 0.135. The van der Waals surface area contributed by atoms with Gasteiger partial charge in [-0.05, 0) is 71.1 Å². The third-order valence-corrected chi connectivity index (χ3v) is 5.93. The lowest BCUT2D eigenvalue weighted by Gasteiger charge is -2.28. The van der Waals surface area contributed by atoms with Crippen LogP contribution < -0.4 is 10.1 Å². The number of amidine groups is 1. The van der Waals surface area contributed by atoms with Crippen molar-refractivity contribution in [1.29, 1.82) is 0 Å². The van der Waals surface area contributed by atoms with Gasteiger partial charge in [-0.15, -0.1) is 0 Å². The van der Waals surface area contributed by atoms with Gasteiger partial charge < -0.3 is 10.1 Å². The predicted molar refractivity (Wildman–Crippen MR) is 117 cm³/mol. The first-order valence-corrected chi connectivity index (χ1v) is 10.1. The summed E-state index contributed by atoms with van der Waals surface area (Å²) in [5.41, 5.74) is 1.40. The monoisotopic (exact) mass is 495 g/mol. The molecule has 140 valence electrons. The van der Waals surface area contributed by atoms with Crippen LogP contribution in [0.2, 0.25) is 0 Å². The number of nitrogens with one attached hydrogen (secondary N) is 1. The van der Waals surface area contributed by atoms with Crippen LogP contribution in [0.4, 0.5) is 11.4 Å². The van der Waals surface area contributed by atoms with Crippen molar-refractivity contribution in [3.63, 3.8) is 0 Å². The third kappa shape index (κ3) is 5.01. The fourth-order valence-electron chi connectivity index (χ4n) is 2.42. The molecule has 1 N–H and O–H groups in total. The van der Waals surface area contributed by atoms with Crippen LogP contribution in [0.1, 0.15) is 6.42 Å². The first-order valence-electron chi connectivity index (χ1n) is 8.18. The van der Waals surface area contributed by atoms with Gasteiger partial charge in [-0.25, -0.2) is 4.99 Å². The fraction of sp³-hybridized carbons (Fsp3) is 0.211. The highest BCUT2D eigenvalue weighted by Crippen LogP contribution is 2.29. The molecule has 1 unspecified atom stereocenters. The Labute approximate surface area is 175 Å². The normalized spacial score (nSPS) is 18.5. The van der Waals surface area contributed by atoms with Gasteiger partial charge in [-0.1, -0.05) is 11.8 Å². The minimum Gasteiger partial charge on any atom is -0.497 e. The molecule has 0 saturated carbocycles. The van der Waals surface area contributed by atoms with Crippen LogP contribution >= 0.6 is 34.4 Å². The summed E-state index contributed by atoms with van der Waals surface area (Å²) in [6.45, 7) is 0. The van der Waals surface area contributed by atoms with E-state index in [-0.39, 0.29) is 18.2 Å². The Morgan fingerprint density at radius 2 is 1.89 bits per heavy atom. The van der Waals surface area contributed by atoms with E-state index in [2.05, 4.69) is 32.9 Å². The Morgan fingerprint density at radius 1 is 1.22 bits per heavy atom. The van der Waals surface area contributed by atoms with Crippen molar-refractivity contribution in [2.45, 2.75) is 11.7 Å². The second kappa shape index (κ2) is 8.75. The summed E-state index contributed by atoms with van der Waals surface area (Å²) in [6, 6.07) is 14.7. The maximum Gasteiger partial charge on any atom is 0.238 e. The van der Waals surface area contributed by atoms with E-state index in [0.29, 0.717) is 16.5 Å². The predicted octanol–water partition coefficient (Wildman–Crippen LogP) is 3.89. The van der Waals surface area contributed by atoms with Crippen molar-refractivity contribution in [1.82, 2.24) is 4.90 Å². The number of benzene rings is 2. The highest BCUT2D eigenvalue weighted by Gasteiger charge is 2.34. The molecular formula is C19H18IN3O3S. The van der Waals surface area contributed by atoms with Gasteiger partial charge >= 0.3 is 0 Å². The largest absolute Gasteiger partial charge is 0.497 e. The van der Waals surface area contributed by atoms with Gasteiger partial charge in [0, 0.05) is 22.7 Å². The number of methoxy groups -OCH3 is 1. The van der Waals surface area contributed by atoms with Crippen molar-refractivity contribution < 1.29 is 14.3 Å². The molecule has 2 amide bonds. The molecule has 8 heteroatoms. The van der Waals surface area contributed by atoms with E-state index >= 15 is 0 Å². The molecule has 1 saturated heterocycles. The van der Waals surface area contributed by atoms with Crippen molar-refractivity contribution in [2.24, 2.45) is 4.99 Å². The summed E-state index contributed by atoms with van der Waals surface area (Å²) in [6.07, 6.45) is 0.138. The van der Waals surface area contributed by atoms with Crippen LogP contribution in [0.5, 0.6) is 5.75 Å². The van der Waals surface area contributed by atoms with Crippen LogP contribution in [-0.2, 0) is 9.59 Å². The van der Waals surface area contributed by atoms with Gasteiger partial charge in [0.15, 0.2) is 5.17 Å². The molecule has 0 spiro atoms. The number of aliphatic imine (C=N–C) groups is 1. The number of amides is 2. The Morgan fingerprint density at radius 3 is 2.52 bits per heavy atom. The van der Waals surface area contributed by atoms with Crippen LogP contribution in [0.3, 0.4) is 0 Å². The van der Waals surface area contributed by atoms with E-state index < -0.39 is 5.25 Å². The van der Waals surface area contributed by atoms with E-state index in [9.17, 15) is 9.59 Å². The summed E-state index contributed by atoms with van der Waals surface area (Å²) >= 11 is 3.49. The van der Waals surface area contributed by atoms with Crippen molar-refractivity contribution in [3.8, 4) is 5.75 Å². The lowest BCUT2D eigenvalue weighted by Crippen LogP contribution is -2.43. The SMILES string of the molecule is COc1ccc(N=C2SC(C(=O)Nc3ccc(I)cc3)CC(=O)N2C)cc1. The average Bonchev–Trinajstić information content (AvgIpc) is 2.67. The van der Waals surface area contributed by atoms with Gasteiger partial charge in [-0.3, -0.25) is 14.5 Å². The number of nitrogens with zero attached hydrogens (tertiary/aromatic N) is 2. The van der Waals surface area contributed by atoms with Crippen molar-refractivity contribution in [3.05, 3.63) is 52.1 Å². The Hall–Kier alpha value is -2.07. The zero-order chi connectivity index (χ0) is 19.4. The topological polar surface area (TPSA) is 71.0 Å². The molecule has 0 bridgehead atoms. The number of hydrogen-bond acceptors (Lipinski definition) is 5. The van der Waals surface area contributed by atoms with E-state index in [1.54, 1.807) is 38.4 Å². The van der Waals surface area contributed by atoms with E-state index in [1.165, 1.54) is 16.7 Å². The number of carbonyl (C=O) groups is 2. The van der Waals surface area contributed by atoms with Crippen LogP contribution in [0, 0.1) is 3.57 Å². The third-order valence-electron chi connectivity index (χ3n) is 3.97. The number of carbonyl (C=O) groups excluding carboxylic acids is 2. The molecule has 2 aromatic carbocycles. The summed E-state index contributed by atoms with van der Waals surface area (Å²) in [5.74, 6) is 0.392. The maximum absolute atomic E-state index is 12.6. The summed E-state index contributed by atoms with van der Waals surface area (Å²) in [5, 5.41) is 2.84. The number of rotatable bonds is 4. The number of thioether (sulfide) groups is 1. The van der Waals surface area contributed by atoms with Crippen LogP contribution in [-0.4, -0.2) is 41.3 Å². The average molecular weight is 495 g/mol. The molecule has 1 heterocycles. The van der Waals surface area contributed by atoms with E-state index in [1.807, 2.05) is 24.3 Å². The number of halogens is 1. The number of hydrogen-bond donors (Lipinski definition) is 1. The standard InChI is InChI=1S/C19H18IN3O3S/c1-23-17(24)11-16(18(25)21-13-5-3-12(20)4-6-13)27-19(23)22-14-7-9-15(26-2)10-8-14/h3-10,16H,11H2,1-2H3,(H,21,25). The van der Waals surface area contributed by atoms with Crippen molar-refractivity contribution in [2.75, 3.05) is 19.5 Å². The van der Waals surface area contributed by atoms with Gasteiger partial charge in [0.25, 0.3) is 0 Å². The van der Waals surface area contributed by atoms with Gasteiger partial charge in [0.2, 0.25) is 11.8 Å². The molecule has 3 rings (SSSR count). The summed E-state index contributed by atoms with van der Waals surface area (Å²) in [7, 11) is 3.27. The quantitative estimate of drug-likeness (QED) is 0.654. The molecule has 27 heavy (non-hydrogen) atoms. The number of ether oxygens (including phenoxy) is 1. The molecule has 1 atom stereocenters. The highest BCUT2D eigenvalue weighted by atomic mass is 127. The summed E-state index contributed by atoms with van der Waals surface area (Å²) < 4.78 is 6.22. The first kappa shape index (κ1) is 19.7. The molecule has 0 aliphatic carbocycles. The Bertz CT molecular complexity index is 869. The smallest absolute Gasteiger partial charge is 0.238 e. The second-order valence-electron chi connectivity index (χ2n) is 5.85. The zero-order valence-corrected chi connectivity index (χ0v) is 17.8. The molecule has 1 aliphatic rings. The van der Waals surface area contributed by atoms with E-state index in [0.717, 1.165) is 9.32 Å². The zero-order valence-electron chi connectivity index (χ0n) is 14.8. The Balaban J connectivity index is 1.75. The van der Waals surface area contributed by atoms with Gasteiger partial charge in [0.05, 0.1) is 12.8 Å². The molecule has 1 fully saturated rings. The van der Waals surface area contributed by atoms with Gasteiger partial charge in [-0.2, -0.15) is 0 Å². The molecular weight excluding hydrogens is 477 g/mol. The first-order chi connectivity index (χ1) is 13.0. The molecule has 2 aromatic rings. The highest BCUT2D eigenvalue weighted by molar-refractivity contribution is 14.1. The van der Waals surface area contributed by atoms with Gasteiger partial charge in [0.1, 0.15) is 11.0 Å². The summed E-state index contributed by atoms with van der Waals surface area (Å²) in [4.78, 5) is 31.0. The lowest BCUT2D eigenvalue weighted by molar-refractivity contribution is -0.128.